The van der Waals surface area contributed by atoms with Gasteiger partial charge in [-0.05, 0) is 56.1 Å². The quantitative estimate of drug-likeness (QED) is 0.537. The molecule has 0 atom stereocenters. The molecule has 0 aliphatic heterocycles. The minimum atomic E-state index is 0.669. The Labute approximate surface area is 128 Å². The molecule has 0 aromatic heterocycles. The van der Waals surface area contributed by atoms with Gasteiger partial charge in [0.25, 0.3) is 0 Å². The van der Waals surface area contributed by atoms with Crippen LogP contribution in [0.15, 0.2) is 24.3 Å². The number of hydrogen-bond donors (Lipinski definition) is 2. The lowest BCUT2D eigenvalue weighted by atomic mass is 10.1. The zero-order valence-corrected chi connectivity index (χ0v) is 13.4. The third-order valence-corrected chi connectivity index (χ3v) is 3.23. The van der Waals surface area contributed by atoms with Gasteiger partial charge in [-0.15, -0.1) is 0 Å². The number of ether oxygens (including phenoxy) is 1. The first-order chi connectivity index (χ1) is 9.76. The van der Waals surface area contributed by atoms with Crippen molar-refractivity contribution in [3.05, 3.63) is 29.8 Å². The minimum Gasteiger partial charge on any atom is -0.382 e. The molecule has 0 aliphatic carbocycles. The van der Waals surface area contributed by atoms with E-state index in [0.29, 0.717) is 5.11 Å². The predicted octanol–water partition coefficient (Wildman–Crippen LogP) is 3.74. The fourth-order valence-corrected chi connectivity index (χ4v) is 2.05. The van der Waals surface area contributed by atoms with Crippen molar-refractivity contribution in [3.8, 4) is 0 Å². The third-order valence-electron chi connectivity index (χ3n) is 2.99. The summed E-state index contributed by atoms with van der Waals surface area (Å²) in [5, 5.41) is 7.04. The number of rotatable bonds is 9. The van der Waals surface area contributed by atoms with Gasteiger partial charge in [-0.1, -0.05) is 25.5 Å². The molecule has 3 nitrogen and oxygen atoms in total. The van der Waals surface area contributed by atoms with E-state index in [9.17, 15) is 0 Å². The monoisotopic (exact) mass is 294 g/mol. The van der Waals surface area contributed by atoms with Gasteiger partial charge in [-0.2, -0.15) is 0 Å². The molecule has 0 amide bonds. The number of hydrogen-bond acceptors (Lipinski definition) is 2. The van der Waals surface area contributed by atoms with Gasteiger partial charge in [0.05, 0.1) is 0 Å². The number of benzene rings is 1. The van der Waals surface area contributed by atoms with Crippen LogP contribution in [0.3, 0.4) is 0 Å². The molecule has 20 heavy (non-hydrogen) atoms. The van der Waals surface area contributed by atoms with Crippen LogP contribution in [-0.2, 0) is 11.2 Å². The lowest BCUT2D eigenvalue weighted by Crippen LogP contribution is -2.29. The van der Waals surface area contributed by atoms with Gasteiger partial charge >= 0.3 is 0 Å². The van der Waals surface area contributed by atoms with Crippen LogP contribution < -0.4 is 10.6 Å². The maximum atomic E-state index is 5.28. The Morgan fingerprint density at radius 2 is 1.90 bits per heavy atom. The van der Waals surface area contributed by atoms with E-state index < -0.39 is 0 Å². The molecular formula is C16H26N2OS. The Bertz CT molecular complexity index is 379. The second-order valence-electron chi connectivity index (χ2n) is 4.73. The van der Waals surface area contributed by atoms with Crippen molar-refractivity contribution in [1.29, 1.82) is 0 Å². The molecule has 0 aliphatic rings. The third kappa shape index (κ3) is 7.46. The van der Waals surface area contributed by atoms with E-state index in [4.69, 9.17) is 17.0 Å². The largest absolute Gasteiger partial charge is 0.382 e. The summed E-state index contributed by atoms with van der Waals surface area (Å²) in [6, 6.07) is 8.49. The van der Waals surface area contributed by atoms with Crippen LogP contribution in [0.25, 0.3) is 0 Å². The molecule has 0 bridgehead atoms. The Kier molecular flexibility index (Phi) is 9.00. The highest BCUT2D eigenvalue weighted by Crippen LogP contribution is 2.11. The smallest absolute Gasteiger partial charge is 0.170 e. The topological polar surface area (TPSA) is 33.3 Å². The molecule has 0 heterocycles. The number of nitrogens with one attached hydrogen (secondary N) is 2. The van der Waals surface area contributed by atoms with Crippen LogP contribution in [0.4, 0.5) is 5.69 Å². The van der Waals surface area contributed by atoms with E-state index in [0.717, 1.165) is 38.3 Å². The molecule has 0 unspecified atom stereocenters. The molecule has 1 aromatic carbocycles. The molecule has 0 fully saturated rings. The van der Waals surface area contributed by atoms with Crippen molar-refractivity contribution in [2.75, 3.05) is 25.1 Å². The fraction of sp³-hybridized carbons (Fsp3) is 0.562. The summed E-state index contributed by atoms with van der Waals surface area (Å²) < 4.78 is 5.28. The van der Waals surface area contributed by atoms with Gasteiger partial charge in [-0.3, -0.25) is 0 Å². The number of anilines is 1. The van der Waals surface area contributed by atoms with Crippen molar-refractivity contribution in [3.63, 3.8) is 0 Å². The first-order valence-corrected chi connectivity index (χ1v) is 7.88. The van der Waals surface area contributed by atoms with E-state index >= 15 is 0 Å². The highest BCUT2D eigenvalue weighted by molar-refractivity contribution is 7.80. The van der Waals surface area contributed by atoms with E-state index in [2.05, 4.69) is 41.8 Å². The number of unbranched alkanes of at least 4 members (excludes halogenated alkanes) is 1. The maximum absolute atomic E-state index is 5.28. The lowest BCUT2D eigenvalue weighted by molar-refractivity contribution is 0.146. The summed E-state index contributed by atoms with van der Waals surface area (Å²) in [6.45, 7) is 6.60. The molecular weight excluding hydrogens is 268 g/mol. The van der Waals surface area contributed by atoms with Gasteiger partial charge in [0.15, 0.2) is 5.11 Å². The first kappa shape index (κ1) is 16.9. The zero-order chi connectivity index (χ0) is 14.6. The minimum absolute atomic E-state index is 0.669. The molecule has 0 radical (unpaired) electrons. The summed E-state index contributed by atoms with van der Waals surface area (Å²) in [7, 11) is 0. The van der Waals surface area contributed by atoms with Crippen molar-refractivity contribution >= 4 is 23.0 Å². The van der Waals surface area contributed by atoms with Crippen LogP contribution in [0.5, 0.6) is 0 Å². The Hall–Kier alpha value is -1.13. The highest BCUT2D eigenvalue weighted by atomic mass is 32.1. The Morgan fingerprint density at radius 1 is 1.15 bits per heavy atom. The van der Waals surface area contributed by atoms with E-state index in [1.54, 1.807) is 0 Å². The normalized spacial score (nSPS) is 10.3. The van der Waals surface area contributed by atoms with Crippen molar-refractivity contribution < 1.29 is 4.74 Å². The molecule has 112 valence electrons. The van der Waals surface area contributed by atoms with Crippen LogP contribution >= 0.6 is 12.2 Å². The molecule has 1 rings (SSSR count). The van der Waals surface area contributed by atoms with Gasteiger partial charge in [0.1, 0.15) is 0 Å². The van der Waals surface area contributed by atoms with Gasteiger partial charge in [0, 0.05) is 25.4 Å². The summed E-state index contributed by atoms with van der Waals surface area (Å²) in [4.78, 5) is 0. The summed E-state index contributed by atoms with van der Waals surface area (Å²) in [5.41, 5.74) is 2.42. The number of thiocarbonyl (C=S) groups is 1. The van der Waals surface area contributed by atoms with Gasteiger partial charge < -0.3 is 15.4 Å². The van der Waals surface area contributed by atoms with Crippen LogP contribution in [-0.4, -0.2) is 24.9 Å². The Balaban J connectivity index is 2.24. The fourth-order valence-electron chi connectivity index (χ4n) is 1.83. The van der Waals surface area contributed by atoms with Gasteiger partial charge in [-0.25, -0.2) is 0 Å². The molecule has 4 heteroatoms. The van der Waals surface area contributed by atoms with Crippen molar-refractivity contribution in [2.24, 2.45) is 0 Å². The second kappa shape index (κ2) is 10.6. The van der Waals surface area contributed by atoms with Crippen LogP contribution in [0.2, 0.25) is 0 Å². The van der Waals surface area contributed by atoms with Crippen molar-refractivity contribution in [1.82, 2.24) is 5.32 Å². The molecule has 1 aromatic rings. The lowest BCUT2D eigenvalue weighted by Gasteiger charge is -2.11. The molecule has 0 spiro atoms. The van der Waals surface area contributed by atoms with E-state index in [-0.39, 0.29) is 0 Å². The van der Waals surface area contributed by atoms with E-state index in [1.807, 2.05) is 6.92 Å². The Morgan fingerprint density at radius 3 is 2.55 bits per heavy atom. The standard InChI is InChI=1S/C16H26N2OS/c1-3-5-7-14-8-10-15(11-9-14)18-16(20)17-12-6-13-19-4-2/h8-11H,3-7,12-13H2,1-2H3,(H2,17,18,20). The second-order valence-corrected chi connectivity index (χ2v) is 5.14. The highest BCUT2D eigenvalue weighted by Gasteiger charge is 1.98. The first-order valence-electron chi connectivity index (χ1n) is 7.47. The summed E-state index contributed by atoms with van der Waals surface area (Å²) >= 11 is 5.25. The maximum Gasteiger partial charge on any atom is 0.170 e. The predicted molar refractivity (Wildman–Crippen MR) is 90.4 cm³/mol. The summed E-state index contributed by atoms with van der Waals surface area (Å²) in [5.74, 6) is 0. The van der Waals surface area contributed by atoms with Crippen LogP contribution in [0, 0.1) is 0 Å². The average molecular weight is 294 g/mol. The van der Waals surface area contributed by atoms with Gasteiger partial charge in [0.2, 0.25) is 0 Å². The molecule has 2 N–H and O–H groups in total. The molecule has 0 saturated heterocycles. The number of aryl methyl sites for hydroxylation is 1. The zero-order valence-electron chi connectivity index (χ0n) is 12.6. The molecule has 0 saturated carbocycles. The summed E-state index contributed by atoms with van der Waals surface area (Å²) in [6.07, 6.45) is 4.59. The van der Waals surface area contributed by atoms with Crippen LogP contribution in [0.1, 0.15) is 38.7 Å². The van der Waals surface area contributed by atoms with Crippen molar-refractivity contribution in [2.45, 2.75) is 39.5 Å². The average Bonchev–Trinajstić information content (AvgIpc) is 2.46. The SMILES string of the molecule is CCCCc1ccc(NC(=S)NCCCOCC)cc1. The van der Waals surface area contributed by atoms with E-state index in [1.165, 1.54) is 18.4 Å².